The van der Waals surface area contributed by atoms with Crippen molar-refractivity contribution in [3.63, 3.8) is 0 Å². The van der Waals surface area contributed by atoms with Gasteiger partial charge in [0.05, 0.1) is 0 Å². The highest BCUT2D eigenvalue weighted by atomic mass is 35.5. The highest BCUT2D eigenvalue weighted by Gasteiger charge is 2.12. The summed E-state index contributed by atoms with van der Waals surface area (Å²) in [7, 11) is 0. The topological polar surface area (TPSA) is 12.0 Å². The van der Waals surface area contributed by atoms with E-state index in [0.29, 0.717) is 9.92 Å². The van der Waals surface area contributed by atoms with Crippen LogP contribution in [0.1, 0.15) is 12.0 Å². The van der Waals surface area contributed by atoms with Crippen molar-refractivity contribution in [2.75, 3.05) is 13.1 Å². The molecule has 0 bridgehead atoms. The molecule has 0 amide bonds. The Balaban J connectivity index is 1.93. The van der Waals surface area contributed by atoms with E-state index >= 15 is 0 Å². The predicted molar refractivity (Wildman–Crippen MR) is 87.4 cm³/mol. The Labute approximate surface area is 133 Å². The molecule has 1 aliphatic rings. The molecular weight excluding hydrogens is 305 g/mol. The molecule has 3 rings (SSSR count). The van der Waals surface area contributed by atoms with Gasteiger partial charge < -0.3 is 5.32 Å². The Kier molecular flexibility index (Phi) is 4.63. The fraction of sp³-hybridized carbons (Fsp3) is 0.176. The third-order valence-electron chi connectivity index (χ3n) is 3.41. The van der Waals surface area contributed by atoms with Gasteiger partial charge in [-0.15, -0.1) is 0 Å². The smallest absolute Gasteiger partial charge is 0.138 e. The average Bonchev–Trinajstić information content (AvgIpc) is 2.51. The zero-order valence-corrected chi connectivity index (χ0v) is 13.0. The number of hydrogen-bond acceptors (Lipinski definition) is 2. The van der Waals surface area contributed by atoms with E-state index in [1.165, 1.54) is 29.0 Å². The summed E-state index contributed by atoms with van der Waals surface area (Å²) < 4.78 is 14.0. The van der Waals surface area contributed by atoms with E-state index in [4.69, 9.17) is 11.6 Å². The average molecular weight is 320 g/mol. The third-order valence-corrected chi connectivity index (χ3v) is 4.77. The summed E-state index contributed by atoms with van der Waals surface area (Å²) in [6, 6.07) is 13.0. The van der Waals surface area contributed by atoms with Crippen LogP contribution in [0.3, 0.4) is 0 Å². The molecule has 0 saturated carbocycles. The summed E-state index contributed by atoms with van der Waals surface area (Å²) in [6.45, 7) is 1.88. The molecule has 0 aliphatic carbocycles. The summed E-state index contributed by atoms with van der Waals surface area (Å²) >= 11 is 7.26. The minimum absolute atomic E-state index is 0.276. The van der Waals surface area contributed by atoms with Gasteiger partial charge in [-0.3, -0.25) is 0 Å². The first kappa shape index (κ1) is 14.6. The van der Waals surface area contributed by atoms with Crippen LogP contribution in [-0.2, 0) is 0 Å². The minimum atomic E-state index is -0.276. The molecule has 0 atom stereocenters. The summed E-state index contributed by atoms with van der Waals surface area (Å²) in [5.41, 5.74) is 2.52. The lowest BCUT2D eigenvalue weighted by Gasteiger charge is -2.17. The molecule has 1 heterocycles. The van der Waals surface area contributed by atoms with E-state index in [1.807, 2.05) is 18.2 Å². The largest absolute Gasteiger partial charge is 0.313 e. The minimum Gasteiger partial charge on any atom is -0.313 e. The molecule has 0 unspecified atom stereocenters. The second-order valence-corrected chi connectivity index (χ2v) is 6.38. The molecule has 0 radical (unpaired) electrons. The van der Waals surface area contributed by atoms with Crippen LogP contribution in [0.5, 0.6) is 0 Å². The Morgan fingerprint density at radius 2 is 1.95 bits per heavy atom. The summed E-state index contributed by atoms with van der Waals surface area (Å²) in [6.07, 6.45) is 3.21. The molecule has 108 valence electrons. The van der Waals surface area contributed by atoms with Crippen molar-refractivity contribution in [2.45, 2.75) is 16.2 Å². The second-order valence-electron chi connectivity index (χ2n) is 4.86. The SMILES string of the molecule is Fc1cc(Cl)ccc1Sc1ccccc1C1=CCNCC1. The van der Waals surface area contributed by atoms with Crippen molar-refractivity contribution < 1.29 is 4.39 Å². The quantitative estimate of drug-likeness (QED) is 0.853. The monoisotopic (exact) mass is 319 g/mol. The summed E-state index contributed by atoms with van der Waals surface area (Å²) in [4.78, 5) is 1.67. The first-order valence-electron chi connectivity index (χ1n) is 6.86. The van der Waals surface area contributed by atoms with Crippen molar-refractivity contribution >= 4 is 28.9 Å². The predicted octanol–water partition coefficient (Wildman–Crippen LogP) is 5.01. The molecule has 0 spiro atoms. The fourth-order valence-electron chi connectivity index (χ4n) is 2.36. The molecule has 1 nitrogen and oxygen atoms in total. The number of halogens is 2. The Morgan fingerprint density at radius 1 is 1.10 bits per heavy atom. The van der Waals surface area contributed by atoms with Crippen molar-refractivity contribution in [2.24, 2.45) is 0 Å². The van der Waals surface area contributed by atoms with Gasteiger partial charge >= 0.3 is 0 Å². The van der Waals surface area contributed by atoms with Gasteiger partial charge in [-0.2, -0.15) is 0 Å². The number of rotatable bonds is 3. The van der Waals surface area contributed by atoms with Gasteiger partial charge in [0.15, 0.2) is 0 Å². The van der Waals surface area contributed by atoms with Gasteiger partial charge in [-0.05, 0) is 48.4 Å². The molecule has 0 saturated heterocycles. The summed E-state index contributed by atoms with van der Waals surface area (Å²) in [5.74, 6) is -0.276. The van der Waals surface area contributed by atoms with Crippen LogP contribution in [0.2, 0.25) is 5.02 Å². The molecule has 0 fully saturated rings. The lowest BCUT2D eigenvalue weighted by Crippen LogP contribution is -2.20. The molecule has 1 N–H and O–H groups in total. The molecule has 1 aliphatic heterocycles. The molecule has 21 heavy (non-hydrogen) atoms. The number of benzene rings is 2. The van der Waals surface area contributed by atoms with E-state index in [9.17, 15) is 4.39 Å². The molecule has 2 aromatic carbocycles. The van der Waals surface area contributed by atoms with Gasteiger partial charge in [0.25, 0.3) is 0 Å². The third kappa shape index (κ3) is 3.49. The Bertz CT molecular complexity index is 684. The van der Waals surface area contributed by atoms with Crippen molar-refractivity contribution in [3.05, 3.63) is 64.9 Å². The second kappa shape index (κ2) is 6.65. The van der Waals surface area contributed by atoms with Gasteiger partial charge in [0, 0.05) is 21.4 Å². The van der Waals surface area contributed by atoms with Crippen molar-refractivity contribution in [1.29, 1.82) is 0 Å². The van der Waals surface area contributed by atoms with Crippen LogP contribution in [-0.4, -0.2) is 13.1 Å². The van der Waals surface area contributed by atoms with Gasteiger partial charge in [0.2, 0.25) is 0 Å². The molecule has 0 aromatic heterocycles. The van der Waals surface area contributed by atoms with E-state index in [1.54, 1.807) is 12.1 Å². The zero-order valence-electron chi connectivity index (χ0n) is 11.4. The highest BCUT2D eigenvalue weighted by molar-refractivity contribution is 7.99. The van der Waals surface area contributed by atoms with Crippen LogP contribution in [0.4, 0.5) is 4.39 Å². The van der Waals surface area contributed by atoms with Crippen LogP contribution >= 0.6 is 23.4 Å². The van der Waals surface area contributed by atoms with Gasteiger partial charge in [0.1, 0.15) is 5.82 Å². The molecular formula is C17H15ClFNS. The molecule has 2 aromatic rings. The normalized spacial score (nSPS) is 14.9. The number of hydrogen-bond donors (Lipinski definition) is 1. The lowest BCUT2D eigenvalue weighted by atomic mass is 10.0. The Hall–Kier alpha value is -1.29. The standard InChI is InChI=1S/C17H15ClFNS/c18-13-5-6-17(15(19)11-13)21-16-4-2-1-3-14(16)12-7-9-20-10-8-12/h1-7,11,20H,8-10H2. The maximum atomic E-state index is 14.0. The maximum absolute atomic E-state index is 14.0. The van der Waals surface area contributed by atoms with E-state index in [-0.39, 0.29) is 5.82 Å². The Morgan fingerprint density at radius 3 is 2.71 bits per heavy atom. The molecule has 4 heteroatoms. The van der Waals surface area contributed by atoms with E-state index in [0.717, 1.165) is 24.4 Å². The summed E-state index contributed by atoms with van der Waals surface area (Å²) in [5, 5.41) is 3.73. The van der Waals surface area contributed by atoms with Crippen molar-refractivity contribution in [1.82, 2.24) is 5.32 Å². The fourth-order valence-corrected chi connectivity index (χ4v) is 3.51. The first-order chi connectivity index (χ1) is 10.2. The van der Waals surface area contributed by atoms with Gasteiger partial charge in [-0.1, -0.05) is 47.6 Å². The maximum Gasteiger partial charge on any atom is 0.138 e. The van der Waals surface area contributed by atoms with Crippen LogP contribution in [0.25, 0.3) is 5.57 Å². The van der Waals surface area contributed by atoms with E-state index in [2.05, 4.69) is 17.5 Å². The van der Waals surface area contributed by atoms with Crippen LogP contribution in [0, 0.1) is 5.82 Å². The van der Waals surface area contributed by atoms with Crippen molar-refractivity contribution in [3.8, 4) is 0 Å². The van der Waals surface area contributed by atoms with E-state index < -0.39 is 0 Å². The van der Waals surface area contributed by atoms with Crippen LogP contribution < -0.4 is 5.32 Å². The highest BCUT2D eigenvalue weighted by Crippen LogP contribution is 2.36. The lowest BCUT2D eigenvalue weighted by molar-refractivity contribution is 0.602. The zero-order chi connectivity index (χ0) is 14.7. The van der Waals surface area contributed by atoms with Gasteiger partial charge in [-0.25, -0.2) is 4.39 Å². The first-order valence-corrected chi connectivity index (χ1v) is 8.05. The number of nitrogens with one attached hydrogen (secondary N) is 1. The van der Waals surface area contributed by atoms with Crippen LogP contribution in [0.15, 0.2) is 58.3 Å².